The number of ether oxygens (including phenoxy) is 1. The molecule has 2 aromatic carbocycles. The Balaban J connectivity index is 2.49. The topological polar surface area (TPSA) is 9.23 Å². The van der Waals surface area contributed by atoms with Crippen molar-refractivity contribution in [2.24, 2.45) is 0 Å². The van der Waals surface area contributed by atoms with Gasteiger partial charge in [0.25, 0.3) is 0 Å². The number of hydrogen-bond acceptors (Lipinski definition) is 1. The molecule has 2 rings (SSSR count). The van der Waals surface area contributed by atoms with E-state index in [2.05, 4.69) is 0 Å². The number of methoxy groups -OCH3 is 1. The van der Waals surface area contributed by atoms with Crippen LogP contribution >= 0.6 is 23.2 Å². The SMILES string of the molecule is COc1cccc(-c2cc(Cl)cc(Cl)c2)c1. The van der Waals surface area contributed by atoms with Gasteiger partial charge in [-0.15, -0.1) is 0 Å². The van der Waals surface area contributed by atoms with Crippen LogP contribution in [0.25, 0.3) is 11.1 Å². The average Bonchev–Trinajstić information content (AvgIpc) is 2.28. The fraction of sp³-hybridized carbons (Fsp3) is 0.0769. The second-order valence-corrected chi connectivity index (χ2v) is 4.26. The molecule has 0 aliphatic rings. The Hall–Kier alpha value is -1.18. The van der Waals surface area contributed by atoms with E-state index < -0.39 is 0 Å². The molecule has 0 fully saturated rings. The van der Waals surface area contributed by atoms with E-state index in [0.717, 1.165) is 16.9 Å². The lowest BCUT2D eigenvalue weighted by atomic mass is 10.1. The van der Waals surface area contributed by atoms with Crippen molar-refractivity contribution in [3.05, 3.63) is 52.5 Å². The lowest BCUT2D eigenvalue weighted by Gasteiger charge is -2.05. The molecule has 0 N–H and O–H groups in total. The normalized spacial score (nSPS) is 10.2. The summed E-state index contributed by atoms with van der Waals surface area (Å²) in [4.78, 5) is 0. The summed E-state index contributed by atoms with van der Waals surface area (Å²) in [5.41, 5.74) is 2.01. The molecule has 0 heterocycles. The molecule has 3 heteroatoms. The maximum absolute atomic E-state index is 5.96. The van der Waals surface area contributed by atoms with Crippen molar-refractivity contribution in [3.63, 3.8) is 0 Å². The van der Waals surface area contributed by atoms with Gasteiger partial charge in [0.05, 0.1) is 7.11 Å². The molecule has 0 saturated carbocycles. The molecule has 0 bridgehead atoms. The van der Waals surface area contributed by atoms with E-state index in [1.807, 2.05) is 36.4 Å². The molecule has 1 nitrogen and oxygen atoms in total. The zero-order valence-electron chi connectivity index (χ0n) is 8.71. The number of hydrogen-bond donors (Lipinski definition) is 0. The summed E-state index contributed by atoms with van der Waals surface area (Å²) in [7, 11) is 1.64. The van der Waals surface area contributed by atoms with E-state index in [4.69, 9.17) is 27.9 Å². The predicted octanol–water partition coefficient (Wildman–Crippen LogP) is 4.67. The van der Waals surface area contributed by atoms with Gasteiger partial charge in [0.2, 0.25) is 0 Å². The molecule has 0 aliphatic heterocycles. The lowest BCUT2D eigenvalue weighted by molar-refractivity contribution is 0.415. The highest BCUT2D eigenvalue weighted by Gasteiger charge is 2.02. The van der Waals surface area contributed by atoms with Gasteiger partial charge in [-0.3, -0.25) is 0 Å². The van der Waals surface area contributed by atoms with Crippen molar-refractivity contribution in [2.45, 2.75) is 0 Å². The zero-order chi connectivity index (χ0) is 11.5. The molecule has 2 aromatic rings. The van der Waals surface area contributed by atoms with Crippen molar-refractivity contribution in [2.75, 3.05) is 7.11 Å². The largest absolute Gasteiger partial charge is 0.497 e. The molecule has 0 unspecified atom stereocenters. The Morgan fingerprint density at radius 2 is 1.56 bits per heavy atom. The maximum atomic E-state index is 5.96. The second-order valence-electron chi connectivity index (χ2n) is 3.39. The van der Waals surface area contributed by atoms with Crippen LogP contribution in [0, 0.1) is 0 Å². The third kappa shape index (κ3) is 2.49. The first-order chi connectivity index (χ1) is 7.69. The van der Waals surface area contributed by atoms with Crippen LogP contribution in [-0.2, 0) is 0 Å². The van der Waals surface area contributed by atoms with Gasteiger partial charge in [-0.2, -0.15) is 0 Å². The minimum atomic E-state index is 0.630. The molecule has 16 heavy (non-hydrogen) atoms. The minimum Gasteiger partial charge on any atom is -0.497 e. The van der Waals surface area contributed by atoms with Crippen molar-refractivity contribution < 1.29 is 4.74 Å². The van der Waals surface area contributed by atoms with E-state index in [1.165, 1.54) is 0 Å². The monoisotopic (exact) mass is 252 g/mol. The van der Waals surface area contributed by atoms with Gasteiger partial charge in [-0.05, 0) is 41.5 Å². The molecule has 82 valence electrons. The number of halogens is 2. The van der Waals surface area contributed by atoms with Gasteiger partial charge in [-0.25, -0.2) is 0 Å². The second kappa shape index (κ2) is 4.77. The smallest absolute Gasteiger partial charge is 0.119 e. The first-order valence-corrected chi connectivity index (χ1v) is 5.55. The summed E-state index contributed by atoms with van der Waals surface area (Å²) in [5.74, 6) is 0.814. The van der Waals surface area contributed by atoms with Crippen LogP contribution in [0.4, 0.5) is 0 Å². The Bertz CT molecular complexity index is 489. The maximum Gasteiger partial charge on any atom is 0.119 e. The zero-order valence-corrected chi connectivity index (χ0v) is 10.2. The molecule has 0 spiro atoms. The standard InChI is InChI=1S/C13H10Cl2O/c1-16-13-4-2-3-9(7-13)10-5-11(14)8-12(15)6-10/h2-8H,1H3. The molecule has 0 saturated heterocycles. The quantitative estimate of drug-likeness (QED) is 0.755. The average molecular weight is 253 g/mol. The predicted molar refractivity (Wildman–Crippen MR) is 68.5 cm³/mol. The third-order valence-corrected chi connectivity index (χ3v) is 2.70. The molecule has 0 aromatic heterocycles. The van der Waals surface area contributed by atoms with Crippen LogP contribution in [0.1, 0.15) is 0 Å². The fourth-order valence-electron chi connectivity index (χ4n) is 1.52. The third-order valence-electron chi connectivity index (χ3n) is 2.27. The first kappa shape index (κ1) is 11.3. The highest BCUT2D eigenvalue weighted by atomic mass is 35.5. The van der Waals surface area contributed by atoms with Gasteiger partial charge in [-0.1, -0.05) is 35.3 Å². The van der Waals surface area contributed by atoms with Crippen LogP contribution in [-0.4, -0.2) is 7.11 Å². The number of benzene rings is 2. The Kier molecular flexibility index (Phi) is 3.37. The van der Waals surface area contributed by atoms with Gasteiger partial charge in [0.1, 0.15) is 5.75 Å². The van der Waals surface area contributed by atoms with Crippen molar-refractivity contribution in [1.29, 1.82) is 0 Å². The molecule has 0 radical (unpaired) electrons. The number of rotatable bonds is 2. The lowest BCUT2D eigenvalue weighted by Crippen LogP contribution is -1.84. The Morgan fingerprint density at radius 1 is 0.875 bits per heavy atom. The van der Waals surface area contributed by atoms with Crippen LogP contribution in [0.15, 0.2) is 42.5 Å². The molecule has 0 amide bonds. The van der Waals surface area contributed by atoms with Gasteiger partial charge in [0, 0.05) is 10.0 Å². The fourth-order valence-corrected chi connectivity index (χ4v) is 2.05. The van der Waals surface area contributed by atoms with Crippen LogP contribution in [0.3, 0.4) is 0 Å². The van der Waals surface area contributed by atoms with E-state index in [-0.39, 0.29) is 0 Å². The highest BCUT2D eigenvalue weighted by Crippen LogP contribution is 2.29. The van der Waals surface area contributed by atoms with Crippen molar-refractivity contribution in [3.8, 4) is 16.9 Å². The molecule has 0 aliphatic carbocycles. The van der Waals surface area contributed by atoms with Crippen molar-refractivity contribution in [1.82, 2.24) is 0 Å². The Morgan fingerprint density at radius 3 is 2.19 bits per heavy atom. The van der Waals surface area contributed by atoms with Gasteiger partial charge in [0.15, 0.2) is 0 Å². The Labute approximate surface area is 105 Å². The van der Waals surface area contributed by atoms with E-state index in [9.17, 15) is 0 Å². The molecular formula is C13H10Cl2O. The summed E-state index contributed by atoms with van der Waals surface area (Å²) in [6, 6.07) is 13.2. The van der Waals surface area contributed by atoms with Crippen molar-refractivity contribution >= 4 is 23.2 Å². The van der Waals surface area contributed by atoms with Crippen LogP contribution < -0.4 is 4.74 Å². The van der Waals surface area contributed by atoms with Crippen LogP contribution in [0.2, 0.25) is 10.0 Å². The minimum absolute atomic E-state index is 0.630. The summed E-state index contributed by atoms with van der Waals surface area (Å²) in [5, 5.41) is 1.26. The molecular weight excluding hydrogens is 243 g/mol. The van der Waals surface area contributed by atoms with E-state index in [0.29, 0.717) is 10.0 Å². The summed E-state index contributed by atoms with van der Waals surface area (Å²) >= 11 is 11.9. The van der Waals surface area contributed by atoms with E-state index >= 15 is 0 Å². The van der Waals surface area contributed by atoms with Gasteiger partial charge < -0.3 is 4.74 Å². The first-order valence-electron chi connectivity index (χ1n) is 4.79. The molecule has 0 atom stereocenters. The highest BCUT2D eigenvalue weighted by molar-refractivity contribution is 6.35. The summed E-state index contributed by atoms with van der Waals surface area (Å²) in [6.07, 6.45) is 0. The summed E-state index contributed by atoms with van der Waals surface area (Å²) in [6.45, 7) is 0. The van der Waals surface area contributed by atoms with Crippen LogP contribution in [0.5, 0.6) is 5.75 Å². The van der Waals surface area contributed by atoms with E-state index in [1.54, 1.807) is 13.2 Å². The summed E-state index contributed by atoms with van der Waals surface area (Å²) < 4.78 is 5.17. The van der Waals surface area contributed by atoms with Gasteiger partial charge >= 0.3 is 0 Å².